The van der Waals surface area contributed by atoms with Crippen LogP contribution in [0.5, 0.6) is 11.5 Å². The van der Waals surface area contributed by atoms with Crippen molar-refractivity contribution in [3.63, 3.8) is 0 Å². The van der Waals surface area contributed by atoms with Gasteiger partial charge in [-0.25, -0.2) is 0 Å². The number of carbonyl (C=O) groups excluding carboxylic acids is 2. The normalized spacial score (nSPS) is 21.5. The fourth-order valence-corrected chi connectivity index (χ4v) is 3.42. The zero-order valence-electron chi connectivity index (χ0n) is 13.8. The predicted octanol–water partition coefficient (Wildman–Crippen LogP) is 2.57. The largest absolute Gasteiger partial charge is 0.454 e. The van der Waals surface area contributed by atoms with Crippen LogP contribution in [0.1, 0.15) is 18.0 Å². The summed E-state index contributed by atoms with van der Waals surface area (Å²) in [6.07, 6.45) is 0.201. The lowest BCUT2D eigenvalue weighted by atomic mass is 9.93. The van der Waals surface area contributed by atoms with Crippen molar-refractivity contribution in [2.45, 2.75) is 12.5 Å². The van der Waals surface area contributed by atoms with Crippen molar-refractivity contribution in [2.75, 3.05) is 19.2 Å². The highest BCUT2D eigenvalue weighted by atomic mass is 16.7. The van der Waals surface area contributed by atoms with Crippen LogP contribution in [0, 0.1) is 5.92 Å². The molecule has 2 atom stereocenters. The third kappa shape index (κ3) is 2.80. The summed E-state index contributed by atoms with van der Waals surface area (Å²) in [5, 5.41) is 2.90. The Morgan fingerprint density at radius 3 is 2.68 bits per heavy atom. The molecule has 2 aromatic carbocycles. The number of rotatable bonds is 3. The number of anilines is 1. The highest BCUT2D eigenvalue weighted by molar-refractivity contribution is 5.98. The monoisotopic (exact) mass is 338 g/mol. The van der Waals surface area contributed by atoms with Gasteiger partial charge in [-0.2, -0.15) is 0 Å². The second-order valence-electron chi connectivity index (χ2n) is 6.23. The summed E-state index contributed by atoms with van der Waals surface area (Å²) in [6.45, 7) is 0.185. The van der Waals surface area contributed by atoms with Crippen molar-refractivity contribution in [3.05, 3.63) is 54.1 Å². The number of fused-ring (bicyclic) bond motifs is 1. The molecule has 2 aliphatic rings. The van der Waals surface area contributed by atoms with E-state index < -0.39 is 5.92 Å². The number of nitrogens with zero attached hydrogens (tertiary/aromatic N) is 1. The summed E-state index contributed by atoms with van der Waals surface area (Å²) in [6, 6.07) is 14.6. The topological polar surface area (TPSA) is 67.9 Å². The Morgan fingerprint density at radius 2 is 1.88 bits per heavy atom. The number of ether oxygens (including phenoxy) is 2. The van der Waals surface area contributed by atoms with Gasteiger partial charge in [0.05, 0.1) is 12.0 Å². The molecule has 6 heteroatoms. The highest BCUT2D eigenvalue weighted by Gasteiger charge is 2.42. The fourth-order valence-electron chi connectivity index (χ4n) is 3.42. The molecule has 1 saturated heterocycles. The number of hydrogen-bond donors (Lipinski definition) is 1. The Balaban J connectivity index is 1.57. The van der Waals surface area contributed by atoms with E-state index in [0.29, 0.717) is 17.2 Å². The maximum absolute atomic E-state index is 12.8. The molecule has 0 aromatic heterocycles. The molecular weight excluding hydrogens is 320 g/mol. The van der Waals surface area contributed by atoms with Crippen LogP contribution in [0.4, 0.5) is 5.69 Å². The molecule has 2 amide bonds. The number of benzene rings is 2. The first-order chi connectivity index (χ1) is 12.1. The summed E-state index contributed by atoms with van der Waals surface area (Å²) in [4.78, 5) is 26.7. The molecule has 0 bridgehead atoms. The van der Waals surface area contributed by atoms with Crippen LogP contribution >= 0.6 is 0 Å². The average Bonchev–Trinajstić information content (AvgIpc) is 3.20. The number of amides is 2. The lowest BCUT2D eigenvalue weighted by molar-refractivity contribution is -0.127. The van der Waals surface area contributed by atoms with Gasteiger partial charge in [-0.1, -0.05) is 30.3 Å². The van der Waals surface area contributed by atoms with E-state index >= 15 is 0 Å². The van der Waals surface area contributed by atoms with Gasteiger partial charge >= 0.3 is 0 Å². The van der Waals surface area contributed by atoms with E-state index in [1.165, 1.54) is 0 Å². The first kappa shape index (κ1) is 15.5. The number of hydrogen-bond acceptors (Lipinski definition) is 4. The molecule has 4 rings (SSSR count). The molecule has 1 fully saturated rings. The molecule has 25 heavy (non-hydrogen) atoms. The van der Waals surface area contributed by atoms with Crippen LogP contribution in [-0.4, -0.2) is 30.6 Å². The lowest BCUT2D eigenvalue weighted by Gasteiger charge is -2.25. The molecule has 2 aromatic rings. The van der Waals surface area contributed by atoms with E-state index in [0.717, 1.165) is 5.56 Å². The van der Waals surface area contributed by atoms with Gasteiger partial charge in [0.25, 0.3) is 0 Å². The van der Waals surface area contributed by atoms with Gasteiger partial charge in [0.2, 0.25) is 18.6 Å². The maximum atomic E-state index is 12.8. The van der Waals surface area contributed by atoms with Crippen molar-refractivity contribution in [2.24, 2.45) is 5.92 Å². The summed E-state index contributed by atoms with van der Waals surface area (Å²) in [7, 11) is 1.74. The molecular formula is C19H18N2O4. The van der Waals surface area contributed by atoms with E-state index in [1.807, 2.05) is 30.3 Å². The fraction of sp³-hybridized carbons (Fsp3) is 0.263. The Labute approximate surface area is 145 Å². The van der Waals surface area contributed by atoms with Crippen molar-refractivity contribution in [1.29, 1.82) is 0 Å². The van der Waals surface area contributed by atoms with E-state index in [1.54, 1.807) is 30.1 Å². The van der Waals surface area contributed by atoms with E-state index in [4.69, 9.17) is 9.47 Å². The maximum Gasteiger partial charge on any atom is 0.231 e. The quantitative estimate of drug-likeness (QED) is 0.934. The Bertz CT molecular complexity index is 821. The third-order valence-electron chi connectivity index (χ3n) is 4.70. The SMILES string of the molecule is CN1C(=O)C[C@@H](C(=O)Nc2ccc3c(c2)OCO3)[C@H]1c1ccccc1. The van der Waals surface area contributed by atoms with E-state index in [-0.39, 0.29) is 31.1 Å². The second kappa shape index (κ2) is 6.12. The first-order valence-corrected chi connectivity index (χ1v) is 8.14. The average molecular weight is 338 g/mol. The van der Waals surface area contributed by atoms with Crippen molar-refractivity contribution in [3.8, 4) is 11.5 Å². The molecule has 128 valence electrons. The molecule has 0 spiro atoms. The number of likely N-dealkylation sites (tertiary alicyclic amines) is 1. The van der Waals surface area contributed by atoms with Crippen LogP contribution in [0.15, 0.2) is 48.5 Å². The van der Waals surface area contributed by atoms with Crippen molar-refractivity contribution >= 4 is 17.5 Å². The molecule has 0 radical (unpaired) electrons. The van der Waals surface area contributed by atoms with Crippen LogP contribution in [0.2, 0.25) is 0 Å². The molecule has 2 heterocycles. The summed E-state index contributed by atoms with van der Waals surface area (Å²) >= 11 is 0. The number of nitrogens with one attached hydrogen (secondary N) is 1. The van der Waals surface area contributed by atoms with Gasteiger partial charge in [-0.05, 0) is 17.7 Å². The van der Waals surface area contributed by atoms with Crippen LogP contribution < -0.4 is 14.8 Å². The van der Waals surface area contributed by atoms with Gasteiger partial charge in [-0.15, -0.1) is 0 Å². The number of carbonyl (C=O) groups is 2. The van der Waals surface area contributed by atoms with Gasteiger partial charge in [0.1, 0.15) is 0 Å². The molecule has 0 aliphatic carbocycles. The van der Waals surface area contributed by atoms with Crippen LogP contribution in [0.3, 0.4) is 0 Å². The van der Waals surface area contributed by atoms with Gasteiger partial charge in [-0.3, -0.25) is 9.59 Å². The van der Waals surface area contributed by atoms with Crippen molar-refractivity contribution < 1.29 is 19.1 Å². The van der Waals surface area contributed by atoms with Crippen LogP contribution in [-0.2, 0) is 9.59 Å². The summed E-state index contributed by atoms with van der Waals surface area (Å²) in [5.74, 6) is 0.628. The summed E-state index contributed by atoms with van der Waals surface area (Å²) < 4.78 is 10.6. The highest BCUT2D eigenvalue weighted by Crippen LogP contribution is 2.38. The molecule has 0 saturated carbocycles. The Hall–Kier alpha value is -3.02. The molecule has 2 aliphatic heterocycles. The molecule has 1 N–H and O–H groups in total. The van der Waals surface area contributed by atoms with Gasteiger partial charge in [0, 0.05) is 25.2 Å². The molecule has 0 unspecified atom stereocenters. The minimum Gasteiger partial charge on any atom is -0.454 e. The van der Waals surface area contributed by atoms with Gasteiger partial charge in [0.15, 0.2) is 11.5 Å². The van der Waals surface area contributed by atoms with E-state index in [2.05, 4.69) is 5.32 Å². The zero-order valence-corrected chi connectivity index (χ0v) is 13.8. The lowest BCUT2D eigenvalue weighted by Crippen LogP contribution is -2.30. The minimum atomic E-state index is -0.440. The summed E-state index contributed by atoms with van der Waals surface area (Å²) in [5.41, 5.74) is 1.59. The first-order valence-electron chi connectivity index (χ1n) is 8.14. The third-order valence-corrected chi connectivity index (χ3v) is 4.70. The Kier molecular flexibility index (Phi) is 3.80. The van der Waals surface area contributed by atoms with E-state index in [9.17, 15) is 9.59 Å². The smallest absolute Gasteiger partial charge is 0.231 e. The van der Waals surface area contributed by atoms with Crippen molar-refractivity contribution in [1.82, 2.24) is 4.90 Å². The molecule has 6 nitrogen and oxygen atoms in total. The minimum absolute atomic E-state index is 0.0281. The standard InChI is InChI=1S/C19H18N2O4/c1-21-17(22)10-14(18(21)12-5-3-2-4-6-12)19(23)20-13-7-8-15-16(9-13)25-11-24-15/h2-9,14,18H,10-11H2,1H3,(H,20,23)/t14-,18-/m1/s1. The Morgan fingerprint density at radius 1 is 1.12 bits per heavy atom. The van der Waals surface area contributed by atoms with Crippen LogP contribution in [0.25, 0.3) is 0 Å². The zero-order chi connectivity index (χ0) is 17.4. The van der Waals surface area contributed by atoms with Gasteiger partial charge < -0.3 is 19.7 Å². The second-order valence-corrected chi connectivity index (χ2v) is 6.23. The predicted molar refractivity (Wildman–Crippen MR) is 91.3 cm³/mol.